The highest BCUT2D eigenvalue weighted by Gasteiger charge is 2.25. The predicted molar refractivity (Wildman–Crippen MR) is 120 cm³/mol. The quantitative estimate of drug-likeness (QED) is 0.380. The second-order valence-electron chi connectivity index (χ2n) is 6.91. The first-order chi connectivity index (χ1) is 14.2. The first-order valence-corrected chi connectivity index (χ1v) is 10.5. The lowest BCUT2D eigenvalue weighted by atomic mass is 9.88. The Balaban J connectivity index is 1.71. The van der Waals surface area contributed by atoms with Crippen LogP contribution in [0.1, 0.15) is 29.2 Å². The molecule has 0 saturated carbocycles. The van der Waals surface area contributed by atoms with E-state index in [0.29, 0.717) is 11.6 Å². The number of thiazole rings is 1. The Hall–Kier alpha value is -3.24. The van der Waals surface area contributed by atoms with E-state index in [1.165, 1.54) is 11.3 Å². The number of anilines is 2. The first kappa shape index (κ1) is 19.1. The van der Waals surface area contributed by atoms with Gasteiger partial charge in [-0.3, -0.25) is 9.69 Å². The molecule has 4 rings (SSSR count). The smallest absolute Gasteiger partial charge is 0.234 e. The number of rotatable bonds is 6. The Morgan fingerprint density at radius 3 is 1.86 bits per heavy atom. The van der Waals surface area contributed by atoms with Gasteiger partial charge in [-0.2, -0.15) is 0 Å². The molecule has 3 nitrogen and oxygen atoms in total. The summed E-state index contributed by atoms with van der Waals surface area (Å²) >= 11 is 1.49. The first-order valence-electron chi connectivity index (χ1n) is 9.62. The van der Waals surface area contributed by atoms with Crippen molar-refractivity contribution in [3.63, 3.8) is 0 Å². The highest BCUT2D eigenvalue weighted by Crippen LogP contribution is 2.33. The molecular formula is C25H22N2OS. The molecule has 0 aliphatic rings. The lowest BCUT2D eigenvalue weighted by Gasteiger charge is -2.24. The summed E-state index contributed by atoms with van der Waals surface area (Å²) in [6.07, 6.45) is 0.363. The molecule has 1 heterocycles. The monoisotopic (exact) mass is 398 g/mol. The molecule has 0 fully saturated rings. The van der Waals surface area contributed by atoms with Crippen LogP contribution in [0.2, 0.25) is 0 Å². The van der Waals surface area contributed by atoms with Crippen molar-refractivity contribution in [3.8, 4) is 0 Å². The summed E-state index contributed by atoms with van der Waals surface area (Å²) in [5.74, 6) is 0.0143. The molecule has 144 valence electrons. The maximum absolute atomic E-state index is 13.6. The molecule has 1 aromatic heterocycles. The number of amides is 1. The summed E-state index contributed by atoms with van der Waals surface area (Å²) in [4.78, 5) is 19.9. The van der Waals surface area contributed by atoms with Crippen molar-refractivity contribution in [2.24, 2.45) is 0 Å². The average molecular weight is 399 g/mol. The molecule has 29 heavy (non-hydrogen) atoms. The van der Waals surface area contributed by atoms with Gasteiger partial charge in [-0.05, 0) is 30.2 Å². The number of hydrogen-bond acceptors (Lipinski definition) is 3. The fourth-order valence-corrected chi connectivity index (χ4v) is 4.29. The van der Waals surface area contributed by atoms with Gasteiger partial charge in [0.25, 0.3) is 0 Å². The van der Waals surface area contributed by atoms with E-state index in [9.17, 15) is 4.79 Å². The van der Waals surface area contributed by atoms with Crippen LogP contribution in [0.25, 0.3) is 0 Å². The van der Waals surface area contributed by atoms with Crippen molar-refractivity contribution in [3.05, 3.63) is 113 Å². The number of benzene rings is 3. The van der Waals surface area contributed by atoms with Crippen LogP contribution in [-0.2, 0) is 4.79 Å². The second-order valence-corrected chi connectivity index (χ2v) is 7.75. The van der Waals surface area contributed by atoms with Gasteiger partial charge in [0, 0.05) is 17.7 Å². The average Bonchev–Trinajstić information content (AvgIpc) is 3.20. The lowest BCUT2D eigenvalue weighted by Crippen LogP contribution is -2.27. The molecule has 1 amide bonds. The van der Waals surface area contributed by atoms with E-state index in [0.717, 1.165) is 22.5 Å². The Bertz CT molecular complexity index is 1020. The van der Waals surface area contributed by atoms with E-state index in [2.05, 4.69) is 29.2 Å². The van der Waals surface area contributed by atoms with E-state index < -0.39 is 0 Å². The predicted octanol–water partition coefficient (Wildman–Crippen LogP) is 6.34. The minimum absolute atomic E-state index is 0.0165. The molecule has 0 spiro atoms. The lowest BCUT2D eigenvalue weighted by molar-refractivity contribution is -0.118. The summed E-state index contributed by atoms with van der Waals surface area (Å²) in [5, 5.41) is 2.68. The number of carbonyl (C=O) groups excluding carboxylic acids is 1. The van der Waals surface area contributed by atoms with E-state index in [1.807, 2.05) is 79.0 Å². The van der Waals surface area contributed by atoms with Crippen LogP contribution in [0.15, 0.2) is 96.4 Å². The molecule has 4 aromatic rings. The Morgan fingerprint density at radius 1 is 0.862 bits per heavy atom. The standard InChI is InChI=1S/C25H22N2OS/c1-19-18-29-25(26-19)27(22-15-9-4-10-16-22)24(28)17-23(20-11-5-2-6-12-20)21-13-7-3-8-14-21/h2-16,18,23H,17H2,1H3. The Kier molecular flexibility index (Phi) is 5.82. The molecule has 0 aliphatic carbocycles. The van der Waals surface area contributed by atoms with Gasteiger partial charge in [-0.25, -0.2) is 4.98 Å². The van der Waals surface area contributed by atoms with Crippen LogP contribution in [0.5, 0.6) is 0 Å². The zero-order chi connectivity index (χ0) is 20.1. The fraction of sp³-hybridized carbons (Fsp3) is 0.120. The van der Waals surface area contributed by atoms with Gasteiger partial charge >= 0.3 is 0 Å². The van der Waals surface area contributed by atoms with Crippen molar-refractivity contribution in [1.29, 1.82) is 0 Å². The molecule has 0 unspecified atom stereocenters. The number of para-hydroxylation sites is 1. The van der Waals surface area contributed by atoms with Crippen molar-refractivity contribution in [2.45, 2.75) is 19.3 Å². The summed E-state index contributed by atoms with van der Waals surface area (Å²) in [6.45, 7) is 1.95. The molecule has 3 aromatic carbocycles. The molecule has 0 atom stereocenters. The van der Waals surface area contributed by atoms with Gasteiger partial charge in [0.2, 0.25) is 5.91 Å². The van der Waals surface area contributed by atoms with Gasteiger partial charge in [-0.1, -0.05) is 78.9 Å². The summed E-state index contributed by atoms with van der Waals surface area (Å²) in [7, 11) is 0. The van der Waals surface area contributed by atoms with Crippen LogP contribution in [0, 0.1) is 6.92 Å². The van der Waals surface area contributed by atoms with Gasteiger partial charge in [0.05, 0.1) is 11.4 Å². The molecule has 4 heteroatoms. The number of hydrogen-bond donors (Lipinski definition) is 0. The minimum Gasteiger partial charge on any atom is -0.274 e. The zero-order valence-electron chi connectivity index (χ0n) is 16.2. The van der Waals surface area contributed by atoms with Crippen LogP contribution in [0.4, 0.5) is 10.8 Å². The number of aryl methyl sites for hydroxylation is 1. The van der Waals surface area contributed by atoms with E-state index in [1.54, 1.807) is 4.90 Å². The zero-order valence-corrected chi connectivity index (χ0v) is 17.0. The third-order valence-electron chi connectivity index (χ3n) is 4.84. The number of aromatic nitrogens is 1. The third kappa shape index (κ3) is 4.44. The maximum Gasteiger partial charge on any atom is 0.234 e. The van der Waals surface area contributed by atoms with Gasteiger partial charge < -0.3 is 0 Å². The van der Waals surface area contributed by atoms with Gasteiger partial charge in [0.1, 0.15) is 0 Å². The highest BCUT2D eigenvalue weighted by atomic mass is 32.1. The summed E-state index contributed by atoms with van der Waals surface area (Å²) < 4.78 is 0. The second kappa shape index (κ2) is 8.84. The normalized spacial score (nSPS) is 10.8. The number of carbonyl (C=O) groups is 1. The molecule has 0 saturated heterocycles. The summed E-state index contributed by atoms with van der Waals surface area (Å²) in [5.41, 5.74) is 4.03. The molecular weight excluding hydrogens is 376 g/mol. The van der Waals surface area contributed by atoms with Crippen LogP contribution >= 0.6 is 11.3 Å². The largest absolute Gasteiger partial charge is 0.274 e. The SMILES string of the molecule is Cc1csc(N(C(=O)CC(c2ccccc2)c2ccccc2)c2ccccc2)n1. The van der Waals surface area contributed by atoms with Crippen LogP contribution < -0.4 is 4.90 Å². The molecule has 0 bridgehead atoms. The maximum atomic E-state index is 13.6. The van der Waals surface area contributed by atoms with Crippen molar-refractivity contribution < 1.29 is 4.79 Å². The Morgan fingerprint density at radius 2 is 1.38 bits per heavy atom. The van der Waals surface area contributed by atoms with Gasteiger partial charge in [0.15, 0.2) is 5.13 Å². The fourth-order valence-electron chi connectivity index (χ4n) is 3.45. The van der Waals surface area contributed by atoms with E-state index in [-0.39, 0.29) is 11.8 Å². The highest BCUT2D eigenvalue weighted by molar-refractivity contribution is 7.14. The minimum atomic E-state index is -0.0165. The van der Waals surface area contributed by atoms with Crippen molar-refractivity contribution >= 4 is 28.1 Å². The van der Waals surface area contributed by atoms with Crippen molar-refractivity contribution in [2.75, 3.05) is 4.90 Å². The summed E-state index contributed by atoms with van der Waals surface area (Å²) in [6, 6.07) is 30.2. The van der Waals surface area contributed by atoms with E-state index in [4.69, 9.17) is 0 Å². The molecule has 0 aliphatic heterocycles. The van der Waals surface area contributed by atoms with Crippen LogP contribution in [-0.4, -0.2) is 10.9 Å². The number of nitrogens with zero attached hydrogens (tertiary/aromatic N) is 2. The molecule has 0 N–H and O–H groups in total. The molecule has 0 radical (unpaired) electrons. The van der Waals surface area contributed by atoms with Gasteiger partial charge in [-0.15, -0.1) is 11.3 Å². The topological polar surface area (TPSA) is 33.2 Å². The Labute approximate surface area is 175 Å². The van der Waals surface area contributed by atoms with Crippen LogP contribution in [0.3, 0.4) is 0 Å². The third-order valence-corrected chi connectivity index (χ3v) is 5.79. The van der Waals surface area contributed by atoms with Crippen molar-refractivity contribution in [1.82, 2.24) is 4.98 Å². The van der Waals surface area contributed by atoms with E-state index >= 15 is 0 Å².